The average Bonchev–Trinajstić information content (AvgIpc) is 2.60. The topological polar surface area (TPSA) is 24.9 Å². The van der Waals surface area contributed by atoms with Gasteiger partial charge >= 0.3 is 0 Å². The fourth-order valence-corrected chi connectivity index (χ4v) is 2.92. The molecule has 0 aliphatic carbocycles. The maximum atomic E-state index is 4.78. The van der Waals surface area contributed by atoms with Crippen LogP contribution in [0.25, 0.3) is 0 Å². The van der Waals surface area contributed by atoms with Crippen molar-refractivity contribution < 1.29 is 0 Å². The molecule has 0 bridgehead atoms. The van der Waals surface area contributed by atoms with Crippen molar-refractivity contribution in [3.8, 4) is 0 Å². The van der Waals surface area contributed by atoms with Crippen LogP contribution in [0, 0.1) is 5.92 Å². The van der Waals surface area contributed by atoms with Crippen LogP contribution < -0.4 is 5.32 Å². The molecule has 0 radical (unpaired) electrons. The second kappa shape index (κ2) is 5.96. The summed E-state index contributed by atoms with van der Waals surface area (Å²) in [6, 6.07) is 0. The Morgan fingerprint density at radius 2 is 1.94 bits per heavy atom. The molecule has 0 aromatic carbocycles. The SMILES string of the molecule is CCc1nc(C(C)(C)C)c(CNCC(C)C)s1. The molecule has 0 unspecified atom stereocenters. The van der Waals surface area contributed by atoms with Crippen molar-refractivity contribution in [1.82, 2.24) is 10.3 Å². The smallest absolute Gasteiger partial charge is 0.0929 e. The minimum atomic E-state index is 0.152. The van der Waals surface area contributed by atoms with Crippen molar-refractivity contribution in [2.24, 2.45) is 5.92 Å². The molecule has 1 aromatic rings. The standard InChI is InChI=1S/C14H26N2S/c1-7-12-16-13(14(4,5)6)11(17-12)9-15-8-10(2)3/h10,15H,7-9H2,1-6H3. The first-order valence-corrected chi connectivity index (χ1v) is 7.36. The Labute approximate surface area is 110 Å². The van der Waals surface area contributed by atoms with Crippen molar-refractivity contribution in [1.29, 1.82) is 0 Å². The zero-order valence-corrected chi connectivity index (χ0v) is 12.9. The Morgan fingerprint density at radius 1 is 1.29 bits per heavy atom. The summed E-state index contributed by atoms with van der Waals surface area (Å²) in [7, 11) is 0. The van der Waals surface area contributed by atoms with Gasteiger partial charge in [-0.05, 0) is 18.9 Å². The Hall–Kier alpha value is -0.410. The highest BCUT2D eigenvalue weighted by molar-refractivity contribution is 7.11. The molecule has 0 aliphatic heterocycles. The summed E-state index contributed by atoms with van der Waals surface area (Å²) in [5.74, 6) is 0.701. The fourth-order valence-electron chi connectivity index (χ4n) is 1.73. The molecule has 1 N–H and O–H groups in total. The van der Waals surface area contributed by atoms with Crippen LogP contribution in [0.2, 0.25) is 0 Å². The monoisotopic (exact) mass is 254 g/mol. The molecular formula is C14H26N2S. The second-order valence-corrected chi connectivity index (χ2v) is 7.18. The number of hydrogen-bond donors (Lipinski definition) is 1. The second-order valence-electron chi connectivity index (χ2n) is 6.01. The number of nitrogens with one attached hydrogen (secondary N) is 1. The van der Waals surface area contributed by atoms with E-state index in [0.29, 0.717) is 5.92 Å². The van der Waals surface area contributed by atoms with E-state index in [1.807, 2.05) is 11.3 Å². The summed E-state index contributed by atoms with van der Waals surface area (Å²) in [6.45, 7) is 15.4. The van der Waals surface area contributed by atoms with E-state index in [9.17, 15) is 0 Å². The van der Waals surface area contributed by atoms with E-state index in [2.05, 4.69) is 46.9 Å². The summed E-state index contributed by atoms with van der Waals surface area (Å²) in [5, 5.41) is 4.78. The molecule has 3 heteroatoms. The number of thiazole rings is 1. The lowest BCUT2D eigenvalue weighted by Crippen LogP contribution is -2.21. The van der Waals surface area contributed by atoms with Gasteiger partial charge in [-0.15, -0.1) is 11.3 Å². The van der Waals surface area contributed by atoms with Gasteiger partial charge in [0.05, 0.1) is 10.7 Å². The molecule has 1 rings (SSSR count). The van der Waals surface area contributed by atoms with Gasteiger partial charge in [0.1, 0.15) is 0 Å². The maximum absolute atomic E-state index is 4.78. The molecule has 2 nitrogen and oxygen atoms in total. The van der Waals surface area contributed by atoms with Crippen LogP contribution in [-0.4, -0.2) is 11.5 Å². The zero-order chi connectivity index (χ0) is 13.1. The minimum absolute atomic E-state index is 0.152. The number of hydrogen-bond acceptors (Lipinski definition) is 3. The van der Waals surface area contributed by atoms with E-state index < -0.39 is 0 Å². The summed E-state index contributed by atoms with van der Waals surface area (Å²) in [6.07, 6.45) is 1.04. The average molecular weight is 254 g/mol. The number of rotatable bonds is 5. The summed E-state index contributed by atoms with van der Waals surface area (Å²) >= 11 is 1.86. The lowest BCUT2D eigenvalue weighted by molar-refractivity contribution is 0.534. The molecule has 0 saturated carbocycles. The number of aryl methyl sites for hydroxylation is 1. The van der Waals surface area contributed by atoms with E-state index >= 15 is 0 Å². The first-order chi connectivity index (χ1) is 7.84. The van der Waals surface area contributed by atoms with Crippen molar-refractivity contribution in [3.05, 3.63) is 15.6 Å². The summed E-state index contributed by atoms with van der Waals surface area (Å²) in [4.78, 5) is 6.19. The Bertz CT molecular complexity index is 348. The molecule has 0 fully saturated rings. The highest BCUT2D eigenvalue weighted by Gasteiger charge is 2.22. The summed E-state index contributed by atoms with van der Waals surface area (Å²) < 4.78 is 0. The van der Waals surface area contributed by atoms with Crippen LogP contribution in [0.15, 0.2) is 0 Å². The molecule has 0 amide bonds. The van der Waals surface area contributed by atoms with Crippen LogP contribution in [0.5, 0.6) is 0 Å². The van der Waals surface area contributed by atoms with Crippen LogP contribution in [0.1, 0.15) is 57.1 Å². The third kappa shape index (κ3) is 4.40. The highest BCUT2D eigenvalue weighted by Crippen LogP contribution is 2.29. The van der Waals surface area contributed by atoms with Gasteiger partial charge in [0.15, 0.2) is 0 Å². The quantitative estimate of drug-likeness (QED) is 0.865. The predicted molar refractivity (Wildman–Crippen MR) is 76.7 cm³/mol. The van der Waals surface area contributed by atoms with Gasteiger partial charge in [-0.25, -0.2) is 4.98 Å². The van der Waals surface area contributed by atoms with Crippen LogP contribution >= 0.6 is 11.3 Å². The van der Waals surface area contributed by atoms with Crippen LogP contribution in [-0.2, 0) is 18.4 Å². The normalized spacial score (nSPS) is 12.4. The van der Waals surface area contributed by atoms with Crippen LogP contribution in [0.3, 0.4) is 0 Å². The molecule has 1 aromatic heterocycles. The molecule has 17 heavy (non-hydrogen) atoms. The fraction of sp³-hybridized carbons (Fsp3) is 0.786. The van der Waals surface area contributed by atoms with Crippen molar-refractivity contribution in [2.75, 3.05) is 6.54 Å². The first-order valence-electron chi connectivity index (χ1n) is 6.54. The van der Waals surface area contributed by atoms with Gasteiger partial charge < -0.3 is 5.32 Å². The lowest BCUT2D eigenvalue weighted by Gasteiger charge is -2.18. The molecule has 0 saturated heterocycles. The van der Waals surface area contributed by atoms with Crippen molar-refractivity contribution in [2.45, 2.75) is 59.9 Å². The predicted octanol–water partition coefficient (Wildman–Crippen LogP) is 3.75. The van der Waals surface area contributed by atoms with E-state index in [1.54, 1.807) is 0 Å². The van der Waals surface area contributed by atoms with E-state index in [1.165, 1.54) is 15.6 Å². The molecule has 98 valence electrons. The zero-order valence-electron chi connectivity index (χ0n) is 12.1. The number of nitrogens with zero attached hydrogens (tertiary/aromatic N) is 1. The minimum Gasteiger partial charge on any atom is -0.312 e. The van der Waals surface area contributed by atoms with Gasteiger partial charge in [0.2, 0.25) is 0 Å². The van der Waals surface area contributed by atoms with Gasteiger partial charge in [0, 0.05) is 16.8 Å². The Morgan fingerprint density at radius 3 is 2.41 bits per heavy atom. The summed E-state index contributed by atoms with van der Waals surface area (Å²) in [5.41, 5.74) is 1.43. The van der Waals surface area contributed by atoms with Gasteiger partial charge in [-0.1, -0.05) is 41.5 Å². The van der Waals surface area contributed by atoms with Crippen molar-refractivity contribution in [3.63, 3.8) is 0 Å². The molecule has 1 heterocycles. The third-order valence-corrected chi connectivity index (χ3v) is 3.79. The third-order valence-electron chi connectivity index (χ3n) is 2.59. The molecule has 0 atom stereocenters. The van der Waals surface area contributed by atoms with Crippen molar-refractivity contribution >= 4 is 11.3 Å². The molecular weight excluding hydrogens is 228 g/mol. The number of aromatic nitrogens is 1. The Kier molecular flexibility index (Phi) is 5.14. The van der Waals surface area contributed by atoms with Gasteiger partial charge in [0.25, 0.3) is 0 Å². The first kappa shape index (κ1) is 14.7. The molecule has 0 spiro atoms. The molecule has 0 aliphatic rings. The van der Waals surface area contributed by atoms with E-state index in [0.717, 1.165) is 19.5 Å². The van der Waals surface area contributed by atoms with Gasteiger partial charge in [-0.3, -0.25) is 0 Å². The maximum Gasteiger partial charge on any atom is 0.0929 e. The van der Waals surface area contributed by atoms with E-state index in [4.69, 9.17) is 4.98 Å². The highest BCUT2D eigenvalue weighted by atomic mass is 32.1. The van der Waals surface area contributed by atoms with Crippen LogP contribution in [0.4, 0.5) is 0 Å². The Balaban J connectivity index is 2.78. The van der Waals surface area contributed by atoms with Gasteiger partial charge in [-0.2, -0.15) is 0 Å². The van der Waals surface area contributed by atoms with E-state index in [-0.39, 0.29) is 5.41 Å². The lowest BCUT2D eigenvalue weighted by atomic mass is 9.91. The largest absolute Gasteiger partial charge is 0.312 e.